The van der Waals surface area contributed by atoms with Crippen LogP contribution >= 0.6 is 0 Å². The predicted molar refractivity (Wildman–Crippen MR) is 89.1 cm³/mol. The van der Waals surface area contributed by atoms with Gasteiger partial charge in [0.25, 0.3) is 0 Å². The molecule has 0 aromatic heterocycles. The number of carbonyl (C=O) groups excluding carboxylic acids is 2. The first-order valence-electron chi connectivity index (χ1n) is 8.60. The van der Waals surface area contributed by atoms with Gasteiger partial charge in [-0.25, -0.2) is 0 Å². The summed E-state index contributed by atoms with van der Waals surface area (Å²) in [6.07, 6.45) is 4.09. The van der Waals surface area contributed by atoms with Gasteiger partial charge in [0.15, 0.2) is 0 Å². The highest BCUT2D eigenvalue weighted by atomic mass is 16.5. The molecule has 2 saturated heterocycles. The number of hydrogen-bond donors (Lipinski definition) is 0. The van der Waals surface area contributed by atoms with Gasteiger partial charge in [-0.2, -0.15) is 0 Å². The van der Waals surface area contributed by atoms with Gasteiger partial charge < -0.3 is 14.5 Å². The summed E-state index contributed by atoms with van der Waals surface area (Å²) < 4.78 is 5.36. The molecule has 23 heavy (non-hydrogen) atoms. The van der Waals surface area contributed by atoms with E-state index in [9.17, 15) is 9.59 Å². The van der Waals surface area contributed by atoms with Gasteiger partial charge >= 0.3 is 0 Å². The largest absolute Gasteiger partial charge is 0.379 e. The van der Waals surface area contributed by atoms with Crippen molar-refractivity contribution in [2.75, 3.05) is 52.5 Å². The number of rotatable bonds is 6. The molecule has 2 heterocycles. The normalized spacial score (nSPS) is 20.3. The van der Waals surface area contributed by atoms with E-state index in [0.717, 1.165) is 71.7 Å². The van der Waals surface area contributed by atoms with Crippen LogP contribution in [0.25, 0.3) is 0 Å². The lowest BCUT2D eigenvalue weighted by Gasteiger charge is -2.38. The standard InChI is InChI=1S/C17H29N3O3/c1-3-17(22)20(8-4-7-18-11-13-23-14-12-18)16-5-9-19(10-6-16)15(2)21/h3,16H,1,4-14H2,2H3. The maximum Gasteiger partial charge on any atom is 0.246 e. The topological polar surface area (TPSA) is 53.1 Å². The number of carbonyl (C=O) groups is 2. The first-order chi connectivity index (χ1) is 11.1. The lowest BCUT2D eigenvalue weighted by atomic mass is 10.0. The van der Waals surface area contributed by atoms with Crippen molar-refractivity contribution in [1.29, 1.82) is 0 Å². The fourth-order valence-corrected chi connectivity index (χ4v) is 3.37. The van der Waals surface area contributed by atoms with E-state index in [4.69, 9.17) is 4.74 Å². The van der Waals surface area contributed by atoms with Gasteiger partial charge in [-0.1, -0.05) is 6.58 Å². The van der Waals surface area contributed by atoms with Crippen molar-refractivity contribution in [1.82, 2.24) is 14.7 Å². The highest BCUT2D eigenvalue weighted by Gasteiger charge is 2.27. The summed E-state index contributed by atoms with van der Waals surface area (Å²) in [5, 5.41) is 0. The maximum atomic E-state index is 12.2. The first-order valence-corrected chi connectivity index (χ1v) is 8.60. The number of amides is 2. The van der Waals surface area contributed by atoms with Crippen LogP contribution in [-0.2, 0) is 14.3 Å². The molecule has 0 atom stereocenters. The third-order valence-corrected chi connectivity index (χ3v) is 4.79. The highest BCUT2D eigenvalue weighted by molar-refractivity contribution is 5.87. The number of piperidine rings is 1. The Hall–Kier alpha value is -1.40. The minimum atomic E-state index is 0.00764. The number of likely N-dealkylation sites (tertiary alicyclic amines) is 1. The van der Waals surface area contributed by atoms with E-state index in [1.807, 2.05) is 9.80 Å². The minimum Gasteiger partial charge on any atom is -0.379 e. The second kappa shape index (κ2) is 9.03. The van der Waals surface area contributed by atoms with Crippen LogP contribution < -0.4 is 0 Å². The van der Waals surface area contributed by atoms with E-state index in [-0.39, 0.29) is 17.9 Å². The molecular weight excluding hydrogens is 294 g/mol. The van der Waals surface area contributed by atoms with Crippen LogP contribution in [0.4, 0.5) is 0 Å². The Kier molecular flexibility index (Phi) is 7.05. The van der Waals surface area contributed by atoms with Crippen LogP contribution in [0.15, 0.2) is 12.7 Å². The molecule has 0 bridgehead atoms. The smallest absolute Gasteiger partial charge is 0.246 e. The molecule has 2 fully saturated rings. The molecule has 0 aromatic carbocycles. The van der Waals surface area contributed by atoms with Crippen LogP contribution in [0, 0.1) is 0 Å². The molecule has 2 rings (SSSR count). The molecule has 0 aliphatic carbocycles. The molecule has 6 heteroatoms. The molecule has 0 saturated carbocycles. The number of hydrogen-bond acceptors (Lipinski definition) is 4. The van der Waals surface area contributed by atoms with Crippen molar-refractivity contribution in [2.24, 2.45) is 0 Å². The lowest BCUT2D eigenvalue weighted by Crippen LogP contribution is -2.48. The number of nitrogens with zero attached hydrogens (tertiary/aromatic N) is 3. The SMILES string of the molecule is C=CC(=O)N(CCCN1CCOCC1)C1CCN(C(C)=O)CC1. The van der Waals surface area contributed by atoms with Crippen LogP contribution in [0.1, 0.15) is 26.2 Å². The molecular formula is C17H29N3O3. The van der Waals surface area contributed by atoms with Crippen molar-refractivity contribution >= 4 is 11.8 Å². The molecule has 0 radical (unpaired) electrons. The Morgan fingerprint density at radius 2 is 1.87 bits per heavy atom. The van der Waals surface area contributed by atoms with Gasteiger partial charge in [0.1, 0.15) is 0 Å². The zero-order chi connectivity index (χ0) is 16.7. The van der Waals surface area contributed by atoms with Crippen molar-refractivity contribution in [3.05, 3.63) is 12.7 Å². The quantitative estimate of drug-likeness (QED) is 0.677. The zero-order valence-electron chi connectivity index (χ0n) is 14.2. The molecule has 2 aliphatic heterocycles. The molecule has 0 spiro atoms. The van der Waals surface area contributed by atoms with Gasteiger partial charge in [0.05, 0.1) is 13.2 Å². The van der Waals surface area contributed by atoms with Crippen LogP contribution in [0.3, 0.4) is 0 Å². The average molecular weight is 323 g/mol. The fourth-order valence-electron chi connectivity index (χ4n) is 3.37. The maximum absolute atomic E-state index is 12.2. The summed E-state index contributed by atoms with van der Waals surface area (Å²) in [6, 6.07) is 0.223. The lowest BCUT2D eigenvalue weighted by molar-refractivity contribution is -0.132. The molecule has 0 aromatic rings. The van der Waals surface area contributed by atoms with Crippen molar-refractivity contribution < 1.29 is 14.3 Å². The van der Waals surface area contributed by atoms with Gasteiger partial charge in [0, 0.05) is 52.2 Å². The van der Waals surface area contributed by atoms with E-state index < -0.39 is 0 Å². The molecule has 130 valence electrons. The number of morpholine rings is 1. The highest BCUT2D eigenvalue weighted by Crippen LogP contribution is 2.18. The second-order valence-electron chi connectivity index (χ2n) is 6.28. The summed E-state index contributed by atoms with van der Waals surface area (Å²) in [5.74, 6) is 0.130. The van der Waals surface area contributed by atoms with E-state index in [1.165, 1.54) is 6.08 Å². The molecule has 0 unspecified atom stereocenters. The van der Waals surface area contributed by atoms with E-state index in [0.29, 0.717) is 0 Å². The number of ether oxygens (including phenoxy) is 1. The van der Waals surface area contributed by atoms with Crippen molar-refractivity contribution in [3.63, 3.8) is 0 Å². The first kappa shape index (κ1) is 17.9. The fraction of sp³-hybridized carbons (Fsp3) is 0.765. The predicted octanol–water partition coefficient (Wildman–Crippen LogP) is 0.734. The summed E-state index contributed by atoms with van der Waals surface area (Å²) in [4.78, 5) is 29.8. The second-order valence-corrected chi connectivity index (χ2v) is 6.28. The Balaban J connectivity index is 1.81. The van der Waals surface area contributed by atoms with Gasteiger partial charge in [-0.3, -0.25) is 14.5 Å². The zero-order valence-corrected chi connectivity index (χ0v) is 14.2. The van der Waals surface area contributed by atoms with Crippen LogP contribution in [0.2, 0.25) is 0 Å². The van der Waals surface area contributed by atoms with E-state index in [1.54, 1.807) is 6.92 Å². The van der Waals surface area contributed by atoms with Crippen molar-refractivity contribution in [3.8, 4) is 0 Å². The Labute approximate surface area is 139 Å². The minimum absolute atomic E-state index is 0.00764. The van der Waals surface area contributed by atoms with Crippen LogP contribution in [0.5, 0.6) is 0 Å². The third-order valence-electron chi connectivity index (χ3n) is 4.79. The third kappa shape index (κ3) is 5.32. The van der Waals surface area contributed by atoms with Gasteiger partial charge in [-0.05, 0) is 25.3 Å². The Bertz CT molecular complexity index is 413. The summed E-state index contributed by atoms with van der Waals surface area (Å²) in [5.41, 5.74) is 0. The summed E-state index contributed by atoms with van der Waals surface area (Å²) in [6.45, 7) is 12.0. The molecule has 6 nitrogen and oxygen atoms in total. The summed E-state index contributed by atoms with van der Waals surface area (Å²) in [7, 11) is 0. The Morgan fingerprint density at radius 3 is 2.43 bits per heavy atom. The Morgan fingerprint density at radius 1 is 1.22 bits per heavy atom. The average Bonchev–Trinajstić information content (AvgIpc) is 2.59. The van der Waals surface area contributed by atoms with E-state index in [2.05, 4.69) is 11.5 Å². The molecule has 2 amide bonds. The van der Waals surface area contributed by atoms with Crippen LogP contribution in [-0.4, -0.2) is 85.0 Å². The molecule has 2 aliphatic rings. The van der Waals surface area contributed by atoms with Crippen molar-refractivity contribution in [2.45, 2.75) is 32.2 Å². The van der Waals surface area contributed by atoms with E-state index >= 15 is 0 Å². The van der Waals surface area contributed by atoms with Gasteiger partial charge in [-0.15, -0.1) is 0 Å². The molecule has 0 N–H and O–H groups in total. The summed E-state index contributed by atoms with van der Waals surface area (Å²) >= 11 is 0. The monoisotopic (exact) mass is 323 g/mol. The van der Waals surface area contributed by atoms with Gasteiger partial charge in [0.2, 0.25) is 11.8 Å².